The van der Waals surface area contributed by atoms with Crippen LogP contribution in [0.15, 0.2) is 36.5 Å². The number of piperidine rings is 1. The van der Waals surface area contributed by atoms with Gasteiger partial charge in [0.2, 0.25) is 5.95 Å². The van der Waals surface area contributed by atoms with Gasteiger partial charge in [0.05, 0.1) is 23.8 Å². The van der Waals surface area contributed by atoms with Gasteiger partial charge in [0.25, 0.3) is 5.91 Å². The molecule has 1 aromatic heterocycles. The van der Waals surface area contributed by atoms with E-state index in [0.29, 0.717) is 30.7 Å². The summed E-state index contributed by atoms with van der Waals surface area (Å²) in [6.45, 7) is 8.16. The van der Waals surface area contributed by atoms with Crippen LogP contribution >= 0.6 is 11.6 Å². The van der Waals surface area contributed by atoms with Crippen LogP contribution in [0.1, 0.15) is 40.7 Å². The van der Waals surface area contributed by atoms with Crippen LogP contribution < -0.4 is 15.0 Å². The fourth-order valence-corrected chi connectivity index (χ4v) is 6.72. The van der Waals surface area contributed by atoms with E-state index >= 15 is 0 Å². The van der Waals surface area contributed by atoms with Crippen molar-refractivity contribution in [3.05, 3.63) is 58.2 Å². The Labute approximate surface area is 239 Å². The lowest BCUT2D eigenvalue weighted by atomic mass is 10.1. The highest BCUT2D eigenvalue weighted by Crippen LogP contribution is 2.31. The number of likely N-dealkylation sites (tertiary alicyclic amines) is 1. The van der Waals surface area contributed by atoms with Gasteiger partial charge in [-0.05, 0) is 67.3 Å². The van der Waals surface area contributed by atoms with Crippen LogP contribution in [0, 0.1) is 0 Å². The van der Waals surface area contributed by atoms with Crippen molar-refractivity contribution in [2.45, 2.75) is 44.5 Å². The molecule has 1 N–H and O–H groups in total. The van der Waals surface area contributed by atoms with E-state index in [1.54, 1.807) is 0 Å². The predicted octanol–water partition coefficient (Wildman–Crippen LogP) is 3.48. The Hall–Kier alpha value is -2.98. The Bertz CT molecular complexity index is 1410. The van der Waals surface area contributed by atoms with Gasteiger partial charge in [0.1, 0.15) is 11.9 Å². The molecule has 4 aliphatic rings. The molecule has 7 rings (SSSR count). The van der Waals surface area contributed by atoms with Crippen LogP contribution in [0.3, 0.4) is 0 Å². The number of amides is 1. The summed E-state index contributed by atoms with van der Waals surface area (Å²) in [6.07, 6.45) is 5.14. The summed E-state index contributed by atoms with van der Waals surface area (Å²) in [6, 6.07) is 10.4. The zero-order chi connectivity index (χ0) is 27.1. The van der Waals surface area contributed by atoms with E-state index < -0.39 is 0 Å². The topological polar surface area (TPSA) is 83.1 Å². The number of hydrogen-bond acceptors (Lipinski definition) is 8. The number of aromatic nitrogens is 2. The van der Waals surface area contributed by atoms with Crippen LogP contribution in [0.4, 0.5) is 5.95 Å². The predicted molar refractivity (Wildman–Crippen MR) is 154 cm³/mol. The summed E-state index contributed by atoms with van der Waals surface area (Å²) in [7, 11) is 0. The molecule has 2 aromatic carbocycles. The smallest absolute Gasteiger partial charge is 0.254 e. The summed E-state index contributed by atoms with van der Waals surface area (Å²) in [5.74, 6) is 1.71. The number of carbonyl (C=O) groups excluding carboxylic acids is 1. The highest BCUT2D eigenvalue weighted by atomic mass is 35.5. The molecule has 9 nitrogen and oxygen atoms in total. The van der Waals surface area contributed by atoms with Crippen molar-refractivity contribution in [2.24, 2.45) is 0 Å². The van der Waals surface area contributed by atoms with Crippen molar-refractivity contribution in [1.82, 2.24) is 25.1 Å². The quantitative estimate of drug-likeness (QED) is 0.489. The second-order valence-electron chi connectivity index (χ2n) is 11.3. The normalized spacial score (nSPS) is 23.7. The summed E-state index contributed by atoms with van der Waals surface area (Å²) in [5, 5.41) is 5.03. The number of morpholine rings is 1. The van der Waals surface area contributed by atoms with E-state index in [1.807, 2.05) is 29.3 Å². The average molecular weight is 563 g/mol. The van der Waals surface area contributed by atoms with Gasteiger partial charge in [-0.1, -0.05) is 11.6 Å². The minimum Gasteiger partial charge on any atom is -0.489 e. The van der Waals surface area contributed by atoms with Crippen molar-refractivity contribution in [3.8, 4) is 5.75 Å². The van der Waals surface area contributed by atoms with Crippen LogP contribution in [0.2, 0.25) is 5.02 Å². The molecule has 3 fully saturated rings. The molecular formula is C30H35ClN6O3. The Morgan fingerprint density at radius 3 is 2.88 bits per heavy atom. The SMILES string of the molecule is O=C1c2ccc(O[C@H]3CCN(Cc4cc(Cl)c5nc(N6CCOCC6)ncc5c4)C3)cc2CN1[C@H]1CCCNC1. The minimum absolute atomic E-state index is 0.115. The van der Waals surface area contributed by atoms with E-state index in [2.05, 4.69) is 32.2 Å². The number of nitrogens with zero attached hydrogens (tertiary/aromatic N) is 5. The highest BCUT2D eigenvalue weighted by Gasteiger charge is 2.34. The molecule has 10 heteroatoms. The summed E-state index contributed by atoms with van der Waals surface area (Å²) in [5.41, 5.74) is 3.83. The van der Waals surface area contributed by atoms with Crippen molar-refractivity contribution in [2.75, 3.05) is 57.4 Å². The third kappa shape index (κ3) is 5.23. The van der Waals surface area contributed by atoms with Crippen molar-refractivity contribution >= 4 is 34.4 Å². The van der Waals surface area contributed by atoms with Gasteiger partial charge in [-0.25, -0.2) is 9.97 Å². The molecule has 40 heavy (non-hydrogen) atoms. The highest BCUT2D eigenvalue weighted by molar-refractivity contribution is 6.35. The standard InChI is InChI=1S/C30H35ClN6O3/c31-27-13-20(12-21-15-33-30(34-28(21)27)36-8-10-39-11-9-36)17-35-7-5-25(19-35)40-24-3-4-26-22(14-24)18-37(29(26)38)23-2-1-6-32-16-23/h3-4,12-15,23,25,32H,1-2,5-11,16-19H2/t23-,25-/m0/s1. The molecule has 4 aliphatic heterocycles. The lowest BCUT2D eigenvalue weighted by Crippen LogP contribution is -2.46. The van der Waals surface area contributed by atoms with Crippen LogP contribution in [0.25, 0.3) is 10.9 Å². The summed E-state index contributed by atoms with van der Waals surface area (Å²) in [4.78, 5) is 28.9. The molecule has 210 valence electrons. The number of nitrogens with one attached hydrogen (secondary N) is 1. The molecule has 2 atom stereocenters. The van der Waals surface area contributed by atoms with E-state index in [-0.39, 0.29) is 18.1 Å². The van der Waals surface area contributed by atoms with Gasteiger partial charge in [-0.15, -0.1) is 0 Å². The van der Waals surface area contributed by atoms with Crippen molar-refractivity contribution in [3.63, 3.8) is 0 Å². The lowest BCUT2D eigenvalue weighted by Gasteiger charge is -2.31. The summed E-state index contributed by atoms with van der Waals surface area (Å²) >= 11 is 6.70. The van der Waals surface area contributed by atoms with Crippen LogP contribution in [-0.4, -0.2) is 90.3 Å². The maximum absolute atomic E-state index is 13.0. The van der Waals surface area contributed by atoms with Crippen molar-refractivity contribution in [1.29, 1.82) is 0 Å². The maximum atomic E-state index is 13.0. The second kappa shape index (κ2) is 11.1. The van der Waals surface area contributed by atoms with Gasteiger partial charge >= 0.3 is 0 Å². The number of benzene rings is 2. The summed E-state index contributed by atoms with van der Waals surface area (Å²) < 4.78 is 11.9. The molecule has 3 aromatic rings. The zero-order valence-electron chi connectivity index (χ0n) is 22.6. The Balaban J connectivity index is 0.977. The molecule has 0 bridgehead atoms. The zero-order valence-corrected chi connectivity index (χ0v) is 23.4. The van der Waals surface area contributed by atoms with E-state index in [1.165, 1.54) is 0 Å². The Morgan fingerprint density at radius 1 is 1.12 bits per heavy atom. The monoisotopic (exact) mass is 562 g/mol. The Morgan fingerprint density at radius 2 is 2.02 bits per heavy atom. The number of ether oxygens (including phenoxy) is 2. The first kappa shape index (κ1) is 26.0. The maximum Gasteiger partial charge on any atom is 0.254 e. The van der Waals surface area contributed by atoms with E-state index in [4.69, 9.17) is 26.1 Å². The minimum atomic E-state index is 0.115. The van der Waals surface area contributed by atoms with E-state index in [9.17, 15) is 4.79 Å². The molecule has 0 radical (unpaired) electrons. The number of hydrogen-bond donors (Lipinski definition) is 1. The van der Waals surface area contributed by atoms with Crippen molar-refractivity contribution < 1.29 is 14.3 Å². The average Bonchev–Trinajstić information content (AvgIpc) is 3.56. The third-order valence-corrected chi connectivity index (χ3v) is 8.82. The molecule has 0 saturated carbocycles. The van der Waals surface area contributed by atoms with Crippen LogP contribution in [-0.2, 0) is 17.8 Å². The fourth-order valence-electron chi connectivity index (χ4n) is 6.43. The molecule has 0 aliphatic carbocycles. The number of fused-ring (bicyclic) bond motifs is 2. The first-order valence-electron chi connectivity index (χ1n) is 14.4. The number of carbonyl (C=O) groups is 1. The van der Waals surface area contributed by atoms with Gasteiger partial charge in [-0.3, -0.25) is 9.69 Å². The first-order valence-corrected chi connectivity index (χ1v) is 14.8. The molecule has 0 spiro atoms. The second-order valence-corrected chi connectivity index (χ2v) is 11.7. The molecule has 0 unspecified atom stereocenters. The Kier molecular flexibility index (Phi) is 7.22. The fraction of sp³-hybridized carbons (Fsp3) is 0.500. The molecular weight excluding hydrogens is 528 g/mol. The molecule has 3 saturated heterocycles. The number of rotatable bonds is 6. The largest absolute Gasteiger partial charge is 0.489 e. The van der Waals surface area contributed by atoms with Crippen LogP contribution in [0.5, 0.6) is 5.75 Å². The lowest BCUT2D eigenvalue weighted by molar-refractivity contribution is 0.0674. The number of halogens is 1. The van der Waals surface area contributed by atoms with Gasteiger partial charge in [-0.2, -0.15) is 0 Å². The van der Waals surface area contributed by atoms with Gasteiger partial charge < -0.3 is 24.6 Å². The van der Waals surface area contributed by atoms with Gasteiger partial charge in [0.15, 0.2) is 0 Å². The first-order chi connectivity index (χ1) is 19.6. The third-order valence-electron chi connectivity index (χ3n) is 8.54. The molecule has 1 amide bonds. The molecule has 5 heterocycles. The van der Waals surface area contributed by atoms with E-state index in [0.717, 1.165) is 98.4 Å². The number of anilines is 1. The van der Waals surface area contributed by atoms with Gasteiger partial charge in [0, 0.05) is 69.0 Å².